The molecule has 216 valence electrons. The molecule has 2 atom stereocenters. The molecule has 0 bridgehead atoms. The number of nitrogens with one attached hydrogen (secondary N) is 2. The second-order valence-corrected chi connectivity index (χ2v) is 10.5. The Hall–Kier alpha value is -3.19. The van der Waals surface area contributed by atoms with Crippen LogP contribution in [0.1, 0.15) is 83.4 Å². The molecule has 39 heavy (non-hydrogen) atoms. The van der Waals surface area contributed by atoms with Gasteiger partial charge >= 0.3 is 12.1 Å². The standard InChI is InChI=1S/C29H43N3O6S/c1-7-9-10-11-12-13-18-32(27(35)23(20-39)31-28(36)38-29(3,4)5)25(26(34)30-19-24(33)37-6)22-16-14-21(8-2)15-17-22/h2,14-17,23,25,39H,7,9-13,18-20H2,1,3-6H3,(H,30,34)(H,31,36). The van der Waals surface area contributed by atoms with Gasteiger partial charge in [-0.2, -0.15) is 12.6 Å². The largest absolute Gasteiger partial charge is 0.468 e. The van der Waals surface area contributed by atoms with Gasteiger partial charge in [-0.25, -0.2) is 4.79 Å². The van der Waals surface area contributed by atoms with E-state index in [1.54, 1.807) is 45.0 Å². The van der Waals surface area contributed by atoms with E-state index >= 15 is 0 Å². The van der Waals surface area contributed by atoms with Gasteiger partial charge in [-0.15, -0.1) is 6.42 Å². The van der Waals surface area contributed by atoms with Crippen molar-refractivity contribution in [2.75, 3.05) is 26.0 Å². The molecule has 9 nitrogen and oxygen atoms in total. The average Bonchev–Trinajstić information content (AvgIpc) is 2.90. The summed E-state index contributed by atoms with van der Waals surface area (Å²) in [5.41, 5.74) is 0.355. The minimum atomic E-state index is -1.09. The van der Waals surface area contributed by atoms with Gasteiger partial charge in [0.15, 0.2) is 0 Å². The van der Waals surface area contributed by atoms with Gasteiger partial charge in [0.2, 0.25) is 11.8 Å². The Bertz CT molecular complexity index is 984. The summed E-state index contributed by atoms with van der Waals surface area (Å²) in [6.45, 7) is 7.18. The van der Waals surface area contributed by atoms with E-state index in [9.17, 15) is 19.2 Å². The van der Waals surface area contributed by atoms with Gasteiger partial charge in [-0.05, 0) is 44.9 Å². The highest BCUT2D eigenvalue weighted by atomic mass is 32.1. The molecule has 10 heteroatoms. The zero-order chi connectivity index (χ0) is 29.4. The first-order chi connectivity index (χ1) is 18.5. The summed E-state index contributed by atoms with van der Waals surface area (Å²) in [7, 11) is 1.22. The summed E-state index contributed by atoms with van der Waals surface area (Å²) in [6, 6.07) is 4.57. The number of carbonyl (C=O) groups is 4. The van der Waals surface area contributed by atoms with Gasteiger partial charge < -0.3 is 25.0 Å². The first-order valence-electron chi connectivity index (χ1n) is 13.3. The van der Waals surface area contributed by atoms with Crippen LogP contribution in [0.3, 0.4) is 0 Å². The predicted molar refractivity (Wildman–Crippen MR) is 154 cm³/mol. The second-order valence-electron chi connectivity index (χ2n) is 10.1. The molecule has 0 aliphatic rings. The minimum Gasteiger partial charge on any atom is -0.468 e. The van der Waals surface area contributed by atoms with Crippen LogP contribution < -0.4 is 10.6 Å². The number of nitrogens with zero attached hydrogens (tertiary/aromatic N) is 1. The van der Waals surface area contributed by atoms with Gasteiger partial charge in [-0.3, -0.25) is 14.4 Å². The molecule has 2 N–H and O–H groups in total. The highest BCUT2D eigenvalue weighted by molar-refractivity contribution is 7.80. The van der Waals surface area contributed by atoms with E-state index in [1.807, 2.05) is 0 Å². The Kier molecular flexibility index (Phi) is 15.1. The van der Waals surface area contributed by atoms with Crippen LogP contribution in [0.25, 0.3) is 0 Å². The van der Waals surface area contributed by atoms with Crippen LogP contribution in [-0.2, 0) is 23.9 Å². The van der Waals surface area contributed by atoms with E-state index in [-0.39, 0.29) is 18.8 Å². The van der Waals surface area contributed by atoms with Crippen LogP contribution in [0.5, 0.6) is 0 Å². The van der Waals surface area contributed by atoms with Crippen LogP contribution in [-0.4, -0.2) is 66.4 Å². The first kappa shape index (κ1) is 33.8. The number of unbranched alkanes of at least 4 members (excludes halogenated alkanes) is 5. The Balaban J connectivity index is 3.37. The lowest BCUT2D eigenvalue weighted by Crippen LogP contribution is -2.54. The lowest BCUT2D eigenvalue weighted by Gasteiger charge is -2.34. The smallest absolute Gasteiger partial charge is 0.408 e. The molecule has 0 spiro atoms. The summed E-state index contributed by atoms with van der Waals surface area (Å²) in [4.78, 5) is 53.0. The number of methoxy groups -OCH3 is 1. The molecule has 1 rings (SSSR count). The van der Waals surface area contributed by atoms with E-state index < -0.39 is 41.6 Å². The quantitative estimate of drug-likeness (QED) is 0.129. The van der Waals surface area contributed by atoms with Gasteiger partial charge in [0, 0.05) is 17.9 Å². The average molecular weight is 562 g/mol. The molecule has 0 heterocycles. The Morgan fingerprint density at radius 3 is 2.21 bits per heavy atom. The van der Waals surface area contributed by atoms with Crippen molar-refractivity contribution in [3.05, 3.63) is 35.4 Å². The van der Waals surface area contributed by atoms with E-state index in [4.69, 9.17) is 11.2 Å². The molecule has 3 amide bonds. The maximum Gasteiger partial charge on any atom is 0.408 e. The van der Waals surface area contributed by atoms with Crippen molar-refractivity contribution in [2.24, 2.45) is 0 Å². The summed E-state index contributed by atoms with van der Waals surface area (Å²) in [5.74, 6) is 0.829. The highest BCUT2D eigenvalue weighted by Crippen LogP contribution is 2.24. The number of carbonyl (C=O) groups excluding carboxylic acids is 4. The molecule has 2 unspecified atom stereocenters. The number of amides is 3. The molecule has 1 aromatic rings. The lowest BCUT2D eigenvalue weighted by atomic mass is 10.0. The Labute approximate surface area is 238 Å². The van der Waals surface area contributed by atoms with Gasteiger partial charge in [0.25, 0.3) is 0 Å². The molecule has 0 aliphatic carbocycles. The highest BCUT2D eigenvalue weighted by Gasteiger charge is 2.35. The molecule has 1 aromatic carbocycles. The van der Waals surface area contributed by atoms with Crippen LogP contribution in [0, 0.1) is 12.3 Å². The van der Waals surface area contributed by atoms with E-state index in [0.29, 0.717) is 17.5 Å². The molecule has 0 aromatic heterocycles. The number of thiol groups is 1. The summed E-state index contributed by atoms with van der Waals surface area (Å²) >= 11 is 4.30. The van der Waals surface area contributed by atoms with Crippen LogP contribution in [0.2, 0.25) is 0 Å². The summed E-state index contributed by atoms with van der Waals surface area (Å²) in [6.07, 6.45) is 10.6. The number of alkyl carbamates (subject to hydrolysis) is 1. The van der Waals surface area contributed by atoms with Crippen LogP contribution >= 0.6 is 12.6 Å². The van der Waals surface area contributed by atoms with Crippen molar-refractivity contribution in [2.45, 2.75) is 83.9 Å². The maximum atomic E-state index is 13.9. The zero-order valence-electron chi connectivity index (χ0n) is 23.7. The fraction of sp³-hybridized carbons (Fsp3) is 0.586. The maximum absolute atomic E-state index is 13.9. The SMILES string of the molecule is C#Cc1ccc(C(C(=O)NCC(=O)OC)N(CCCCCCCC)C(=O)C(CS)NC(=O)OC(C)(C)C)cc1. The third-order valence-electron chi connectivity index (χ3n) is 5.80. The third kappa shape index (κ3) is 12.5. The Morgan fingerprint density at radius 1 is 1.05 bits per heavy atom. The second kappa shape index (κ2) is 17.4. The zero-order valence-corrected chi connectivity index (χ0v) is 24.6. The number of terminal acetylenes is 1. The monoisotopic (exact) mass is 561 g/mol. The fourth-order valence-electron chi connectivity index (χ4n) is 3.83. The molecule has 0 saturated heterocycles. The number of benzene rings is 1. The molecule has 0 radical (unpaired) electrons. The first-order valence-corrected chi connectivity index (χ1v) is 13.9. The summed E-state index contributed by atoms with van der Waals surface area (Å²) < 4.78 is 9.97. The van der Waals surface area contributed by atoms with Crippen molar-refractivity contribution in [3.63, 3.8) is 0 Å². The minimum absolute atomic E-state index is 0.0163. The normalized spacial score (nSPS) is 12.4. The van der Waals surface area contributed by atoms with E-state index in [1.165, 1.54) is 12.0 Å². The third-order valence-corrected chi connectivity index (χ3v) is 6.16. The van der Waals surface area contributed by atoms with Crippen molar-refractivity contribution in [1.29, 1.82) is 0 Å². The van der Waals surface area contributed by atoms with Crippen molar-refractivity contribution < 1.29 is 28.7 Å². The van der Waals surface area contributed by atoms with Crippen molar-refractivity contribution >= 4 is 36.5 Å². The number of hydrogen-bond acceptors (Lipinski definition) is 7. The van der Waals surface area contributed by atoms with Crippen LogP contribution in [0.15, 0.2) is 24.3 Å². The molecular formula is C29H43N3O6S. The van der Waals surface area contributed by atoms with Crippen molar-refractivity contribution in [3.8, 4) is 12.3 Å². The van der Waals surface area contributed by atoms with Gasteiger partial charge in [0.1, 0.15) is 24.2 Å². The molecule has 0 fully saturated rings. The number of hydrogen-bond donors (Lipinski definition) is 3. The lowest BCUT2D eigenvalue weighted by molar-refractivity contribution is -0.144. The molecule has 0 aliphatic heterocycles. The Morgan fingerprint density at radius 2 is 1.67 bits per heavy atom. The molecular weight excluding hydrogens is 518 g/mol. The van der Waals surface area contributed by atoms with Gasteiger partial charge in [-0.1, -0.05) is 57.1 Å². The topological polar surface area (TPSA) is 114 Å². The van der Waals surface area contributed by atoms with Crippen molar-refractivity contribution in [1.82, 2.24) is 15.5 Å². The van der Waals surface area contributed by atoms with Gasteiger partial charge in [0.05, 0.1) is 7.11 Å². The number of esters is 1. The predicted octanol–water partition coefficient (Wildman–Crippen LogP) is 4.01. The molecule has 0 saturated carbocycles. The summed E-state index contributed by atoms with van der Waals surface area (Å²) in [5, 5.41) is 5.15. The number of rotatable bonds is 15. The van der Waals surface area contributed by atoms with Crippen LogP contribution in [0.4, 0.5) is 4.79 Å². The number of ether oxygens (including phenoxy) is 2. The van der Waals surface area contributed by atoms with E-state index in [2.05, 4.69) is 40.8 Å². The van der Waals surface area contributed by atoms with E-state index in [0.717, 1.165) is 32.1 Å². The fourth-order valence-corrected chi connectivity index (χ4v) is 4.07.